The van der Waals surface area contributed by atoms with Crippen LogP contribution in [0, 0.1) is 6.92 Å². The van der Waals surface area contributed by atoms with Crippen molar-refractivity contribution in [1.82, 2.24) is 15.1 Å². The van der Waals surface area contributed by atoms with E-state index < -0.39 is 0 Å². The van der Waals surface area contributed by atoms with Gasteiger partial charge in [-0.2, -0.15) is 5.10 Å². The predicted octanol–water partition coefficient (Wildman–Crippen LogP) is 2.53. The van der Waals surface area contributed by atoms with Crippen LogP contribution in [0.1, 0.15) is 16.8 Å². The van der Waals surface area contributed by atoms with Crippen LogP contribution in [0.3, 0.4) is 0 Å². The van der Waals surface area contributed by atoms with Crippen LogP contribution in [0.25, 0.3) is 5.57 Å². The van der Waals surface area contributed by atoms with Gasteiger partial charge in [-0.3, -0.25) is 4.68 Å². The molecule has 0 atom stereocenters. The molecule has 0 bridgehead atoms. The van der Waals surface area contributed by atoms with Gasteiger partial charge in [0.2, 0.25) is 0 Å². The molecule has 0 spiro atoms. The van der Waals surface area contributed by atoms with E-state index in [1.807, 2.05) is 36.1 Å². The zero-order valence-corrected chi connectivity index (χ0v) is 11.0. The fourth-order valence-corrected chi connectivity index (χ4v) is 1.84. The van der Waals surface area contributed by atoms with Gasteiger partial charge in [-0.1, -0.05) is 36.9 Å². The van der Waals surface area contributed by atoms with Crippen LogP contribution in [0.4, 0.5) is 0 Å². The second kappa shape index (κ2) is 5.65. The van der Waals surface area contributed by atoms with Gasteiger partial charge >= 0.3 is 0 Å². The van der Waals surface area contributed by atoms with Crippen LogP contribution in [-0.4, -0.2) is 16.3 Å². The van der Waals surface area contributed by atoms with Gasteiger partial charge in [-0.25, -0.2) is 0 Å². The summed E-state index contributed by atoms with van der Waals surface area (Å²) in [6.07, 6.45) is 1.91. The van der Waals surface area contributed by atoms with Gasteiger partial charge in [-0.15, -0.1) is 0 Å². The van der Waals surface area contributed by atoms with Crippen molar-refractivity contribution in [2.24, 2.45) is 7.05 Å². The highest BCUT2D eigenvalue weighted by Gasteiger charge is 2.03. The van der Waals surface area contributed by atoms with Crippen molar-refractivity contribution >= 4 is 5.57 Å². The summed E-state index contributed by atoms with van der Waals surface area (Å²) in [7, 11) is 1.96. The maximum atomic E-state index is 4.23. The molecule has 0 saturated carbocycles. The first-order valence-corrected chi connectivity index (χ1v) is 6.10. The minimum atomic E-state index is 0.790. The van der Waals surface area contributed by atoms with E-state index in [0.717, 1.165) is 18.7 Å². The van der Waals surface area contributed by atoms with E-state index in [4.69, 9.17) is 0 Å². The van der Waals surface area contributed by atoms with E-state index >= 15 is 0 Å². The molecule has 3 nitrogen and oxygen atoms in total. The highest BCUT2D eigenvalue weighted by molar-refractivity contribution is 5.64. The molecular weight excluding hydrogens is 222 g/mol. The molecule has 0 radical (unpaired) electrons. The fraction of sp³-hybridized carbons (Fsp3) is 0.267. The Bertz CT molecular complexity index is 526. The molecule has 0 aliphatic heterocycles. The molecule has 0 unspecified atom stereocenters. The number of aryl methyl sites for hydroxylation is 1. The fourth-order valence-electron chi connectivity index (χ4n) is 1.84. The van der Waals surface area contributed by atoms with Crippen LogP contribution in [0.15, 0.2) is 43.1 Å². The summed E-state index contributed by atoms with van der Waals surface area (Å²) >= 11 is 0. The number of hydrogen-bond acceptors (Lipinski definition) is 2. The molecule has 1 aromatic heterocycles. The molecule has 0 amide bonds. The third-order valence-corrected chi connectivity index (χ3v) is 3.17. The Morgan fingerprint density at radius 2 is 2.06 bits per heavy atom. The average Bonchev–Trinajstić information content (AvgIpc) is 2.71. The number of nitrogens with zero attached hydrogens (tertiary/aromatic N) is 2. The molecule has 94 valence electrons. The Balaban J connectivity index is 1.86. The van der Waals surface area contributed by atoms with Gasteiger partial charge in [0.05, 0.1) is 6.20 Å². The van der Waals surface area contributed by atoms with Gasteiger partial charge in [0, 0.05) is 31.4 Å². The smallest absolute Gasteiger partial charge is 0.0537 e. The number of rotatable bonds is 5. The molecule has 2 aromatic rings. The molecule has 2 rings (SSSR count). The Hall–Kier alpha value is -1.87. The number of nitrogens with one attached hydrogen (secondary N) is 1. The van der Waals surface area contributed by atoms with Crippen molar-refractivity contribution in [3.05, 3.63) is 59.9 Å². The first-order valence-electron chi connectivity index (χ1n) is 6.10. The molecule has 18 heavy (non-hydrogen) atoms. The van der Waals surface area contributed by atoms with Crippen LogP contribution in [-0.2, 0) is 13.6 Å². The standard InChI is InChI=1S/C15H19N3/c1-12(14-7-5-4-6-8-14)9-16-10-15-11-17-18(3)13(15)2/h4-8,11,16H,1,9-10H2,2-3H3. The van der Waals surface area contributed by atoms with E-state index in [1.165, 1.54) is 16.8 Å². The van der Waals surface area contributed by atoms with Crippen LogP contribution < -0.4 is 5.32 Å². The molecular formula is C15H19N3. The molecule has 1 aromatic carbocycles. The Morgan fingerprint density at radius 1 is 1.33 bits per heavy atom. The summed E-state index contributed by atoms with van der Waals surface area (Å²) in [6.45, 7) is 7.79. The summed E-state index contributed by atoms with van der Waals surface area (Å²) in [5, 5.41) is 7.63. The first kappa shape index (κ1) is 12.6. The highest BCUT2D eigenvalue weighted by Crippen LogP contribution is 2.11. The zero-order chi connectivity index (χ0) is 13.0. The van der Waals surface area contributed by atoms with Crippen molar-refractivity contribution in [3.63, 3.8) is 0 Å². The average molecular weight is 241 g/mol. The van der Waals surface area contributed by atoms with Crippen LogP contribution >= 0.6 is 0 Å². The summed E-state index contributed by atoms with van der Waals surface area (Å²) in [5.41, 5.74) is 4.73. The van der Waals surface area contributed by atoms with E-state index in [0.29, 0.717) is 0 Å². The molecule has 1 N–H and O–H groups in total. The molecule has 0 saturated heterocycles. The summed E-state index contributed by atoms with van der Waals surface area (Å²) < 4.78 is 1.89. The third kappa shape index (κ3) is 2.87. The normalized spacial score (nSPS) is 10.6. The Morgan fingerprint density at radius 3 is 2.67 bits per heavy atom. The summed E-state index contributed by atoms with van der Waals surface area (Å²) in [5.74, 6) is 0. The second-order valence-corrected chi connectivity index (χ2v) is 4.45. The molecule has 0 aliphatic rings. The summed E-state index contributed by atoms with van der Waals surface area (Å²) in [4.78, 5) is 0. The van der Waals surface area contributed by atoms with Gasteiger partial charge in [-0.05, 0) is 18.1 Å². The van der Waals surface area contributed by atoms with Crippen LogP contribution in [0.5, 0.6) is 0 Å². The molecule has 1 heterocycles. The molecule has 0 fully saturated rings. The predicted molar refractivity (Wildman–Crippen MR) is 75.1 cm³/mol. The lowest BCUT2D eigenvalue weighted by atomic mass is 10.1. The van der Waals surface area contributed by atoms with Crippen molar-refractivity contribution in [1.29, 1.82) is 0 Å². The van der Waals surface area contributed by atoms with Gasteiger partial charge < -0.3 is 5.32 Å². The minimum Gasteiger partial charge on any atom is -0.308 e. The topological polar surface area (TPSA) is 29.9 Å². The number of hydrogen-bond donors (Lipinski definition) is 1. The van der Waals surface area contributed by atoms with Crippen molar-refractivity contribution < 1.29 is 0 Å². The lowest BCUT2D eigenvalue weighted by Crippen LogP contribution is -2.16. The van der Waals surface area contributed by atoms with Crippen molar-refractivity contribution in [2.45, 2.75) is 13.5 Å². The SMILES string of the molecule is C=C(CNCc1cnn(C)c1C)c1ccccc1. The van der Waals surface area contributed by atoms with Gasteiger partial charge in [0.25, 0.3) is 0 Å². The number of aromatic nitrogens is 2. The largest absolute Gasteiger partial charge is 0.308 e. The number of benzene rings is 1. The lowest BCUT2D eigenvalue weighted by molar-refractivity contribution is 0.727. The first-order chi connectivity index (χ1) is 8.68. The molecule has 3 heteroatoms. The highest BCUT2D eigenvalue weighted by atomic mass is 15.3. The third-order valence-electron chi connectivity index (χ3n) is 3.17. The van der Waals surface area contributed by atoms with E-state index in [9.17, 15) is 0 Å². The van der Waals surface area contributed by atoms with E-state index in [-0.39, 0.29) is 0 Å². The van der Waals surface area contributed by atoms with Gasteiger partial charge in [0.1, 0.15) is 0 Å². The lowest BCUT2D eigenvalue weighted by Gasteiger charge is -2.07. The second-order valence-electron chi connectivity index (χ2n) is 4.45. The minimum absolute atomic E-state index is 0.790. The zero-order valence-electron chi connectivity index (χ0n) is 11.0. The maximum Gasteiger partial charge on any atom is 0.0537 e. The van der Waals surface area contributed by atoms with Crippen LogP contribution in [0.2, 0.25) is 0 Å². The summed E-state index contributed by atoms with van der Waals surface area (Å²) in [6, 6.07) is 10.2. The van der Waals surface area contributed by atoms with E-state index in [1.54, 1.807) is 0 Å². The van der Waals surface area contributed by atoms with Crippen molar-refractivity contribution in [3.8, 4) is 0 Å². The monoisotopic (exact) mass is 241 g/mol. The van der Waals surface area contributed by atoms with Crippen molar-refractivity contribution in [2.75, 3.05) is 6.54 Å². The van der Waals surface area contributed by atoms with E-state index in [2.05, 4.69) is 36.1 Å². The Kier molecular flexibility index (Phi) is 3.95. The quantitative estimate of drug-likeness (QED) is 0.871. The maximum absolute atomic E-state index is 4.23. The Labute approximate surface area is 108 Å². The molecule has 0 aliphatic carbocycles. The van der Waals surface area contributed by atoms with Gasteiger partial charge in [0.15, 0.2) is 0 Å².